The third kappa shape index (κ3) is 12.6. The number of carbonyl (C=O) groups is 3. The molecular weight excluding hydrogens is 588 g/mol. The van der Waals surface area contributed by atoms with Gasteiger partial charge < -0.3 is 25.7 Å². The largest absolute Gasteiger partial charge is 0.390 e. The predicted octanol–water partition coefficient (Wildman–Crippen LogP) is 3.39. The monoisotopic (exact) mass is 642 g/mol. The predicted molar refractivity (Wildman–Crippen MR) is 180 cm³/mol. The summed E-state index contributed by atoms with van der Waals surface area (Å²) in [6.45, 7) is 5.31. The van der Waals surface area contributed by atoms with Crippen LogP contribution in [0.2, 0.25) is 0 Å². The zero-order chi connectivity index (χ0) is 32.8. The minimum atomic E-state index is -1.14. The molecule has 0 bridgehead atoms. The van der Waals surface area contributed by atoms with Crippen LogP contribution in [-0.2, 0) is 20.8 Å². The Balaban J connectivity index is 1.72. The highest BCUT2D eigenvalue weighted by atomic mass is 32.2. The fourth-order valence-electron chi connectivity index (χ4n) is 6.14. The molecule has 3 amide bonds. The molecule has 1 aliphatic heterocycles. The molecule has 1 saturated carbocycles. The Morgan fingerprint density at radius 2 is 1.76 bits per heavy atom. The Morgan fingerprint density at radius 1 is 1.07 bits per heavy atom. The van der Waals surface area contributed by atoms with Gasteiger partial charge >= 0.3 is 0 Å². The first-order valence-electron chi connectivity index (χ1n) is 16.6. The van der Waals surface area contributed by atoms with E-state index in [0.29, 0.717) is 31.7 Å². The Bertz CT molecular complexity index is 1100. The van der Waals surface area contributed by atoms with Crippen molar-refractivity contribution < 1.29 is 24.6 Å². The number of aliphatic hydroxyl groups is 2. The summed E-state index contributed by atoms with van der Waals surface area (Å²) in [5.41, 5.74) is 0.915. The number of amides is 3. The van der Waals surface area contributed by atoms with Crippen molar-refractivity contribution in [2.24, 2.45) is 17.8 Å². The summed E-state index contributed by atoms with van der Waals surface area (Å²) >= 11 is 1.85. The molecule has 0 aromatic heterocycles. The van der Waals surface area contributed by atoms with E-state index in [-0.39, 0.29) is 24.7 Å². The topological polar surface area (TPSA) is 122 Å². The van der Waals surface area contributed by atoms with Gasteiger partial charge in [-0.15, -0.1) is 24.1 Å². The molecule has 10 heteroatoms. The van der Waals surface area contributed by atoms with Crippen molar-refractivity contribution in [1.29, 1.82) is 0 Å². The molecular formula is C35H54N4O5S. The molecule has 2 fully saturated rings. The van der Waals surface area contributed by atoms with Crippen molar-refractivity contribution >= 4 is 29.5 Å². The molecule has 1 heterocycles. The first-order valence-corrected chi connectivity index (χ1v) is 17.7. The Hall–Kier alpha value is -2.58. The average Bonchev–Trinajstić information content (AvgIpc) is 2.99. The Morgan fingerprint density at radius 3 is 2.36 bits per heavy atom. The summed E-state index contributed by atoms with van der Waals surface area (Å²) in [5.74, 6) is 3.20. The Kier molecular flexibility index (Phi) is 15.7. The normalized spacial score (nSPS) is 19.0. The van der Waals surface area contributed by atoms with Gasteiger partial charge in [-0.1, -0.05) is 76.3 Å². The van der Waals surface area contributed by atoms with Gasteiger partial charge in [-0.25, -0.2) is 0 Å². The third-order valence-electron chi connectivity index (χ3n) is 8.96. The SMILES string of the molecule is C#CC[C@H](NC(=O)[C@@H](CC(=O)N(C)CCN1CSC1)Cc1ccccc1)C(=O)N[C@@H](CC1CCCCC1)[C@@H](O)[C@@H](O)CC(C)C. The van der Waals surface area contributed by atoms with Crippen molar-refractivity contribution in [3.05, 3.63) is 35.9 Å². The third-order valence-corrected chi connectivity index (χ3v) is 10.1. The molecule has 3 rings (SSSR count). The molecule has 4 N–H and O–H groups in total. The van der Waals surface area contributed by atoms with Crippen molar-refractivity contribution in [2.75, 3.05) is 31.9 Å². The number of terminal acetylenes is 1. The first kappa shape index (κ1) is 36.9. The molecule has 5 atom stereocenters. The van der Waals surface area contributed by atoms with Gasteiger partial charge in [0.15, 0.2) is 0 Å². The van der Waals surface area contributed by atoms with Gasteiger partial charge in [0.25, 0.3) is 0 Å². The van der Waals surface area contributed by atoms with E-state index < -0.39 is 42.0 Å². The van der Waals surface area contributed by atoms with Gasteiger partial charge in [-0.05, 0) is 36.7 Å². The van der Waals surface area contributed by atoms with Crippen LogP contribution >= 0.6 is 11.8 Å². The van der Waals surface area contributed by atoms with E-state index in [9.17, 15) is 24.6 Å². The van der Waals surface area contributed by atoms with Gasteiger partial charge in [0.05, 0.1) is 18.1 Å². The van der Waals surface area contributed by atoms with Crippen molar-refractivity contribution in [3.8, 4) is 12.3 Å². The molecule has 1 aliphatic carbocycles. The van der Waals surface area contributed by atoms with Crippen LogP contribution in [0, 0.1) is 30.1 Å². The molecule has 1 aromatic rings. The van der Waals surface area contributed by atoms with E-state index in [0.717, 1.165) is 49.5 Å². The van der Waals surface area contributed by atoms with Crippen molar-refractivity contribution in [3.63, 3.8) is 0 Å². The van der Waals surface area contributed by atoms with E-state index in [1.807, 2.05) is 55.9 Å². The summed E-state index contributed by atoms with van der Waals surface area (Å²) < 4.78 is 0. The second-order valence-corrected chi connectivity index (χ2v) is 14.2. The summed E-state index contributed by atoms with van der Waals surface area (Å²) in [4.78, 5) is 44.6. The fourth-order valence-corrected chi connectivity index (χ4v) is 6.84. The number of hydrogen-bond acceptors (Lipinski definition) is 7. The quantitative estimate of drug-likeness (QED) is 0.181. The van der Waals surface area contributed by atoms with Crippen LogP contribution in [0.15, 0.2) is 30.3 Å². The molecule has 0 radical (unpaired) electrons. The summed E-state index contributed by atoms with van der Waals surface area (Å²) in [6, 6.07) is 7.80. The number of carbonyl (C=O) groups excluding carboxylic acids is 3. The minimum Gasteiger partial charge on any atom is -0.390 e. The van der Waals surface area contributed by atoms with E-state index in [1.54, 1.807) is 11.9 Å². The highest BCUT2D eigenvalue weighted by molar-refractivity contribution is 8.00. The number of benzene rings is 1. The highest BCUT2D eigenvalue weighted by Crippen LogP contribution is 2.29. The highest BCUT2D eigenvalue weighted by Gasteiger charge is 2.34. The zero-order valence-electron chi connectivity index (χ0n) is 27.3. The summed E-state index contributed by atoms with van der Waals surface area (Å²) in [7, 11) is 1.76. The molecule has 0 unspecified atom stereocenters. The van der Waals surface area contributed by atoms with Crippen molar-refractivity contribution in [2.45, 2.75) is 102 Å². The first-order chi connectivity index (χ1) is 21.6. The number of likely N-dealkylation sites (N-methyl/N-ethyl adjacent to an activating group) is 1. The molecule has 1 aromatic carbocycles. The standard InChI is InChI=1S/C35H54N4O5S/c1-5-12-29(35(44)37-30(21-27-15-10-7-11-16-27)33(42)31(40)19-25(2)3)36-34(43)28(20-26-13-8-6-9-14-26)22-32(41)38(4)17-18-39-23-45-24-39/h1,6,8-9,13-14,25,27-31,33,40,42H,7,10-12,15-24H2,2-4H3,(H,36,43)(H,37,44)/t28-,29+,30+,31+,33-/m1/s1. The van der Waals surface area contributed by atoms with Gasteiger partial charge in [0, 0.05) is 44.7 Å². The number of hydrogen-bond donors (Lipinski definition) is 4. The number of nitrogens with one attached hydrogen (secondary N) is 2. The van der Waals surface area contributed by atoms with Crippen LogP contribution in [0.1, 0.15) is 77.2 Å². The molecule has 250 valence electrons. The molecule has 45 heavy (non-hydrogen) atoms. The van der Waals surface area contributed by atoms with Gasteiger partial charge in [-0.3, -0.25) is 19.3 Å². The maximum Gasteiger partial charge on any atom is 0.243 e. The lowest BCUT2D eigenvalue weighted by Gasteiger charge is -2.33. The van der Waals surface area contributed by atoms with E-state index >= 15 is 0 Å². The van der Waals surface area contributed by atoms with E-state index in [2.05, 4.69) is 21.5 Å². The Labute approximate surface area is 274 Å². The van der Waals surface area contributed by atoms with E-state index in [1.165, 1.54) is 6.42 Å². The van der Waals surface area contributed by atoms with Crippen LogP contribution < -0.4 is 10.6 Å². The minimum absolute atomic E-state index is 0.000778. The van der Waals surface area contributed by atoms with Crippen LogP contribution in [-0.4, -0.2) is 93.9 Å². The van der Waals surface area contributed by atoms with E-state index in [4.69, 9.17) is 6.42 Å². The van der Waals surface area contributed by atoms with Gasteiger partial charge in [0.1, 0.15) is 12.1 Å². The fraction of sp³-hybridized carbons (Fsp3) is 0.686. The second-order valence-electron chi connectivity index (χ2n) is 13.3. The molecule has 2 aliphatic rings. The van der Waals surface area contributed by atoms with Crippen LogP contribution in [0.25, 0.3) is 0 Å². The number of nitrogens with zero attached hydrogens (tertiary/aromatic N) is 2. The molecule has 0 spiro atoms. The van der Waals surface area contributed by atoms with Crippen LogP contribution in [0.4, 0.5) is 0 Å². The van der Waals surface area contributed by atoms with Crippen molar-refractivity contribution in [1.82, 2.24) is 20.4 Å². The lowest BCUT2D eigenvalue weighted by Crippen LogP contribution is -2.56. The van der Waals surface area contributed by atoms with Crippen LogP contribution in [0.3, 0.4) is 0 Å². The zero-order valence-corrected chi connectivity index (χ0v) is 28.1. The van der Waals surface area contributed by atoms with Crippen LogP contribution in [0.5, 0.6) is 0 Å². The maximum absolute atomic E-state index is 13.8. The maximum atomic E-state index is 13.8. The number of aliphatic hydroxyl groups excluding tert-OH is 2. The number of thioether (sulfide) groups is 1. The second kappa shape index (κ2) is 19.2. The van der Waals surface area contributed by atoms with Gasteiger partial charge in [-0.2, -0.15) is 0 Å². The molecule has 9 nitrogen and oxygen atoms in total. The van der Waals surface area contributed by atoms with Gasteiger partial charge in [0.2, 0.25) is 17.7 Å². The number of rotatable bonds is 18. The summed E-state index contributed by atoms with van der Waals surface area (Å²) in [5, 5.41) is 27.7. The lowest BCUT2D eigenvalue weighted by molar-refractivity contribution is -0.137. The molecule has 1 saturated heterocycles. The lowest BCUT2D eigenvalue weighted by atomic mass is 9.82. The average molecular weight is 643 g/mol. The summed E-state index contributed by atoms with van der Waals surface area (Å²) in [6.07, 6.45) is 10.2. The smallest absolute Gasteiger partial charge is 0.243 e.